The lowest BCUT2D eigenvalue weighted by Gasteiger charge is -2.04. The largest absolute Gasteiger partial charge is 0.122 e. The number of thioether (sulfide) groups is 2. The molecule has 0 bridgehead atoms. The van der Waals surface area contributed by atoms with Gasteiger partial charge >= 0.3 is 0 Å². The molecule has 0 fully saturated rings. The minimum absolute atomic E-state index is 0.899. The van der Waals surface area contributed by atoms with E-state index >= 15 is 0 Å². The Kier molecular flexibility index (Phi) is 10.8. The van der Waals surface area contributed by atoms with E-state index in [1.54, 1.807) is 0 Å². The summed E-state index contributed by atoms with van der Waals surface area (Å²) in [5.74, 6) is 0.899. The second-order valence-electron chi connectivity index (χ2n) is 4.10. The Morgan fingerprint density at radius 3 is 2.27 bits per heavy atom. The molecule has 0 amide bonds. The van der Waals surface area contributed by atoms with E-state index in [0.717, 1.165) is 5.92 Å². The van der Waals surface area contributed by atoms with Crippen molar-refractivity contribution in [3.63, 3.8) is 0 Å². The zero-order valence-corrected chi connectivity index (χ0v) is 12.1. The van der Waals surface area contributed by atoms with Crippen molar-refractivity contribution in [3.8, 4) is 0 Å². The highest BCUT2D eigenvalue weighted by atomic mass is 32.2. The predicted octanol–water partition coefficient (Wildman–Crippen LogP) is 5.67. The maximum absolute atomic E-state index is 2.33. The molecule has 0 N–H and O–H groups in total. The molecule has 0 aromatic rings. The van der Waals surface area contributed by atoms with Crippen LogP contribution in [0, 0.1) is 5.92 Å². The van der Waals surface area contributed by atoms with Gasteiger partial charge in [0.2, 0.25) is 0 Å². The van der Waals surface area contributed by atoms with Gasteiger partial charge in [0, 0.05) is 5.08 Å². The highest BCUT2D eigenvalue weighted by Gasteiger charge is 1.94. The summed E-state index contributed by atoms with van der Waals surface area (Å²) >= 11 is 3.71. The van der Waals surface area contributed by atoms with Crippen molar-refractivity contribution in [2.24, 2.45) is 5.92 Å². The molecule has 1 heterocycles. The third kappa shape index (κ3) is 12.1. The summed E-state index contributed by atoms with van der Waals surface area (Å²) in [6.07, 6.45) is 6.25. The van der Waals surface area contributed by atoms with Gasteiger partial charge in [0.1, 0.15) is 0 Å². The fourth-order valence-corrected chi connectivity index (χ4v) is 2.63. The maximum atomic E-state index is 2.33. The van der Waals surface area contributed by atoms with Crippen LogP contribution in [-0.2, 0) is 0 Å². The van der Waals surface area contributed by atoms with Crippen LogP contribution in [0.2, 0.25) is 0 Å². The average Bonchev–Trinajstić information content (AvgIpc) is 2.74. The molecule has 1 aliphatic rings. The van der Waals surface area contributed by atoms with Gasteiger partial charge in [-0.1, -0.05) is 31.9 Å². The van der Waals surface area contributed by atoms with Gasteiger partial charge in [-0.15, -0.1) is 23.5 Å². The number of hydrogen-bond acceptors (Lipinski definition) is 2. The molecule has 0 spiro atoms. The Hall–Kier alpha value is 0.180. The molecule has 0 saturated heterocycles. The van der Waals surface area contributed by atoms with Crippen molar-refractivity contribution in [2.45, 2.75) is 47.0 Å². The van der Waals surface area contributed by atoms with Gasteiger partial charge in [0.25, 0.3) is 0 Å². The molecule has 0 aromatic heterocycles. The first-order valence-electron chi connectivity index (χ1n) is 5.68. The molecule has 1 unspecified atom stereocenters. The third-order valence-electron chi connectivity index (χ3n) is 2.29. The van der Waals surface area contributed by atoms with Gasteiger partial charge in [-0.3, -0.25) is 0 Å². The molecule has 1 rings (SSSR count). The fourth-order valence-electron chi connectivity index (χ4n) is 1.06. The van der Waals surface area contributed by atoms with Crippen LogP contribution >= 0.6 is 23.5 Å². The quantitative estimate of drug-likeness (QED) is 0.584. The van der Waals surface area contributed by atoms with Crippen LogP contribution in [0.4, 0.5) is 0 Å². The SMILES string of the molecule is C1=CSCS1.CCC(C)CCC=C(C)C. The molecule has 0 aliphatic carbocycles. The lowest BCUT2D eigenvalue weighted by atomic mass is 10.0. The second kappa shape index (κ2) is 10.7. The van der Waals surface area contributed by atoms with E-state index in [1.807, 2.05) is 23.5 Å². The molecule has 0 saturated carbocycles. The summed E-state index contributed by atoms with van der Waals surface area (Å²) in [4.78, 5) is 0. The van der Waals surface area contributed by atoms with Gasteiger partial charge < -0.3 is 0 Å². The van der Waals surface area contributed by atoms with Crippen LogP contribution in [0.25, 0.3) is 0 Å². The van der Waals surface area contributed by atoms with Gasteiger partial charge in [-0.2, -0.15) is 0 Å². The maximum Gasteiger partial charge on any atom is 0.0475 e. The van der Waals surface area contributed by atoms with Crippen LogP contribution in [0.1, 0.15) is 47.0 Å². The first kappa shape index (κ1) is 15.2. The predicted molar refractivity (Wildman–Crippen MR) is 77.3 cm³/mol. The Bertz CT molecular complexity index is 185. The van der Waals surface area contributed by atoms with Crippen molar-refractivity contribution >= 4 is 23.5 Å². The molecule has 15 heavy (non-hydrogen) atoms. The van der Waals surface area contributed by atoms with Crippen LogP contribution in [0.5, 0.6) is 0 Å². The van der Waals surface area contributed by atoms with Crippen LogP contribution in [0.15, 0.2) is 22.5 Å². The van der Waals surface area contributed by atoms with E-state index in [2.05, 4.69) is 44.6 Å². The lowest BCUT2D eigenvalue weighted by molar-refractivity contribution is 0.521. The van der Waals surface area contributed by atoms with E-state index in [4.69, 9.17) is 0 Å². The molecular weight excluding hydrogens is 220 g/mol. The van der Waals surface area contributed by atoms with Crippen molar-refractivity contribution in [3.05, 3.63) is 22.5 Å². The highest BCUT2D eigenvalue weighted by Crippen LogP contribution is 2.22. The normalized spacial score (nSPS) is 15.5. The van der Waals surface area contributed by atoms with E-state index in [9.17, 15) is 0 Å². The first-order chi connectivity index (χ1) is 7.16. The second-order valence-corrected chi connectivity index (χ2v) is 6.25. The number of rotatable bonds is 4. The van der Waals surface area contributed by atoms with Gasteiger partial charge in [-0.05, 0) is 43.4 Å². The van der Waals surface area contributed by atoms with E-state index < -0.39 is 0 Å². The smallest absolute Gasteiger partial charge is 0.0475 e. The third-order valence-corrected chi connectivity index (χ3v) is 4.21. The minimum Gasteiger partial charge on any atom is -0.122 e. The van der Waals surface area contributed by atoms with E-state index in [0.29, 0.717) is 0 Å². The molecule has 0 radical (unpaired) electrons. The monoisotopic (exact) mass is 244 g/mol. The van der Waals surface area contributed by atoms with Crippen LogP contribution in [0.3, 0.4) is 0 Å². The van der Waals surface area contributed by atoms with Crippen molar-refractivity contribution in [1.29, 1.82) is 0 Å². The molecule has 0 nitrogen and oxygen atoms in total. The molecule has 2 heteroatoms. The van der Waals surface area contributed by atoms with Gasteiger partial charge in [-0.25, -0.2) is 0 Å². The zero-order valence-electron chi connectivity index (χ0n) is 10.5. The van der Waals surface area contributed by atoms with E-state index in [-0.39, 0.29) is 0 Å². The van der Waals surface area contributed by atoms with Crippen molar-refractivity contribution < 1.29 is 0 Å². The molecule has 1 atom stereocenters. The summed E-state index contributed by atoms with van der Waals surface area (Å²) in [5.41, 5.74) is 1.45. The van der Waals surface area contributed by atoms with Crippen molar-refractivity contribution in [1.82, 2.24) is 0 Å². The topological polar surface area (TPSA) is 0 Å². The van der Waals surface area contributed by atoms with Crippen LogP contribution in [-0.4, -0.2) is 5.08 Å². The standard InChI is InChI=1S/C10H20.C3H4S2/c1-5-10(4)8-6-7-9(2)3;1-2-5-3-4-1/h7,10H,5-6,8H2,1-4H3;1-2H,3H2. The number of allylic oxidation sites excluding steroid dienone is 2. The molecule has 0 aromatic carbocycles. The van der Waals surface area contributed by atoms with Gasteiger partial charge in [0.15, 0.2) is 0 Å². The van der Waals surface area contributed by atoms with E-state index in [1.165, 1.54) is 29.9 Å². The first-order valence-corrected chi connectivity index (χ1v) is 7.78. The zero-order chi connectivity index (χ0) is 11.5. The number of hydrogen-bond donors (Lipinski definition) is 0. The summed E-state index contributed by atoms with van der Waals surface area (Å²) in [7, 11) is 0. The summed E-state index contributed by atoms with van der Waals surface area (Å²) in [6, 6.07) is 0. The Morgan fingerprint density at radius 1 is 1.33 bits per heavy atom. The summed E-state index contributed by atoms with van der Waals surface area (Å²) in [5, 5.41) is 5.45. The minimum atomic E-state index is 0.899. The van der Waals surface area contributed by atoms with Crippen LogP contribution < -0.4 is 0 Å². The average molecular weight is 244 g/mol. The molecular formula is C13H24S2. The fraction of sp³-hybridized carbons (Fsp3) is 0.692. The Labute approximate surface area is 104 Å². The molecule has 88 valence electrons. The molecule has 1 aliphatic heterocycles. The lowest BCUT2D eigenvalue weighted by Crippen LogP contribution is -1.89. The van der Waals surface area contributed by atoms with Gasteiger partial charge in [0.05, 0.1) is 0 Å². The Balaban J connectivity index is 0.000000322. The highest BCUT2D eigenvalue weighted by molar-refractivity contribution is 8.21. The van der Waals surface area contributed by atoms with Crippen molar-refractivity contribution in [2.75, 3.05) is 5.08 Å². The Morgan fingerprint density at radius 2 is 1.93 bits per heavy atom. The summed E-state index contributed by atoms with van der Waals surface area (Å²) < 4.78 is 0. The summed E-state index contributed by atoms with van der Waals surface area (Å²) in [6.45, 7) is 8.90.